The second-order valence-electron chi connectivity index (χ2n) is 4.93. The molecule has 0 aliphatic heterocycles. The fraction of sp³-hybridized carbons (Fsp3) is 0.625. The monoisotopic (exact) mass is 248 g/mol. The van der Waals surface area contributed by atoms with Crippen LogP contribution in [0.15, 0.2) is 24.3 Å². The number of rotatable bonds is 8. The van der Waals surface area contributed by atoms with Crippen LogP contribution in [0.25, 0.3) is 0 Å². The Hall–Kier alpha value is -1.02. The maximum Gasteiger partial charge on any atom is 0.0366 e. The summed E-state index contributed by atoms with van der Waals surface area (Å²) in [5.41, 5.74) is 2.66. The molecule has 18 heavy (non-hydrogen) atoms. The van der Waals surface area contributed by atoms with Gasteiger partial charge in [0.15, 0.2) is 0 Å². The van der Waals surface area contributed by atoms with Crippen LogP contribution >= 0.6 is 0 Å². The molecule has 102 valence electrons. The van der Waals surface area contributed by atoms with E-state index in [2.05, 4.69) is 62.2 Å². The molecule has 1 rings (SSSR count). The average Bonchev–Trinajstić information content (AvgIpc) is 2.40. The van der Waals surface area contributed by atoms with E-state index in [1.165, 1.54) is 24.1 Å². The molecule has 2 nitrogen and oxygen atoms in total. The Bertz CT molecular complexity index is 318. The fourth-order valence-corrected chi connectivity index (χ4v) is 2.13. The van der Waals surface area contributed by atoms with E-state index in [9.17, 15) is 0 Å². The SMILES string of the molecule is CCCNC(CC)CN(CC)c1ccc(C)cc1. The van der Waals surface area contributed by atoms with Gasteiger partial charge in [-0.15, -0.1) is 0 Å². The molecule has 0 radical (unpaired) electrons. The van der Waals surface area contributed by atoms with E-state index in [1.54, 1.807) is 0 Å². The second kappa shape index (κ2) is 8.15. The smallest absolute Gasteiger partial charge is 0.0366 e. The molecule has 1 aromatic rings. The van der Waals surface area contributed by atoms with Crippen LogP contribution in [0.2, 0.25) is 0 Å². The Balaban J connectivity index is 2.62. The zero-order valence-corrected chi connectivity index (χ0v) is 12.4. The zero-order chi connectivity index (χ0) is 13.4. The quantitative estimate of drug-likeness (QED) is 0.756. The molecule has 0 heterocycles. The summed E-state index contributed by atoms with van der Waals surface area (Å²) in [4.78, 5) is 2.45. The van der Waals surface area contributed by atoms with Gasteiger partial charge in [-0.3, -0.25) is 0 Å². The number of nitrogens with zero attached hydrogens (tertiary/aromatic N) is 1. The first kappa shape index (κ1) is 15.0. The van der Waals surface area contributed by atoms with Crippen LogP contribution in [0.5, 0.6) is 0 Å². The van der Waals surface area contributed by atoms with Gasteiger partial charge in [-0.2, -0.15) is 0 Å². The van der Waals surface area contributed by atoms with Crippen LogP contribution in [0.1, 0.15) is 39.2 Å². The highest BCUT2D eigenvalue weighted by Gasteiger charge is 2.11. The Labute approximate surface area is 112 Å². The van der Waals surface area contributed by atoms with Crippen molar-refractivity contribution in [3.63, 3.8) is 0 Å². The molecule has 0 spiro atoms. The highest BCUT2D eigenvalue weighted by Crippen LogP contribution is 2.15. The average molecular weight is 248 g/mol. The lowest BCUT2D eigenvalue weighted by Gasteiger charge is -2.28. The highest BCUT2D eigenvalue weighted by atomic mass is 15.1. The van der Waals surface area contributed by atoms with Crippen molar-refractivity contribution in [3.05, 3.63) is 29.8 Å². The number of benzene rings is 1. The number of anilines is 1. The molecule has 0 bridgehead atoms. The molecular weight excluding hydrogens is 220 g/mol. The third kappa shape index (κ3) is 4.69. The van der Waals surface area contributed by atoms with Gasteiger partial charge in [0, 0.05) is 24.8 Å². The molecule has 2 heteroatoms. The van der Waals surface area contributed by atoms with E-state index in [4.69, 9.17) is 0 Å². The van der Waals surface area contributed by atoms with Crippen molar-refractivity contribution in [1.82, 2.24) is 5.32 Å². The molecule has 0 amide bonds. The summed E-state index contributed by atoms with van der Waals surface area (Å²) in [6, 6.07) is 9.43. The van der Waals surface area contributed by atoms with Gasteiger partial charge in [0.2, 0.25) is 0 Å². The van der Waals surface area contributed by atoms with Crippen molar-refractivity contribution in [2.75, 3.05) is 24.5 Å². The number of hydrogen-bond donors (Lipinski definition) is 1. The summed E-state index contributed by atoms with van der Waals surface area (Å²) in [7, 11) is 0. The molecule has 0 aliphatic carbocycles. The Kier molecular flexibility index (Phi) is 6.81. The van der Waals surface area contributed by atoms with E-state index >= 15 is 0 Å². The third-order valence-corrected chi connectivity index (χ3v) is 3.40. The molecule has 1 aromatic carbocycles. The zero-order valence-electron chi connectivity index (χ0n) is 12.4. The molecule has 1 N–H and O–H groups in total. The van der Waals surface area contributed by atoms with Crippen molar-refractivity contribution in [3.8, 4) is 0 Å². The Morgan fingerprint density at radius 1 is 1.11 bits per heavy atom. The van der Waals surface area contributed by atoms with E-state index in [1.807, 2.05) is 0 Å². The van der Waals surface area contributed by atoms with Crippen molar-refractivity contribution in [2.45, 2.75) is 46.6 Å². The summed E-state index contributed by atoms with van der Waals surface area (Å²) >= 11 is 0. The van der Waals surface area contributed by atoms with Crippen molar-refractivity contribution in [1.29, 1.82) is 0 Å². The second-order valence-corrected chi connectivity index (χ2v) is 4.93. The molecule has 1 unspecified atom stereocenters. The van der Waals surface area contributed by atoms with E-state index in [0.29, 0.717) is 6.04 Å². The van der Waals surface area contributed by atoms with Gasteiger partial charge in [-0.25, -0.2) is 0 Å². The summed E-state index contributed by atoms with van der Waals surface area (Å²) in [5.74, 6) is 0. The van der Waals surface area contributed by atoms with Crippen LogP contribution in [-0.2, 0) is 0 Å². The first-order valence-corrected chi connectivity index (χ1v) is 7.26. The van der Waals surface area contributed by atoms with Gasteiger partial charge >= 0.3 is 0 Å². The van der Waals surface area contributed by atoms with Crippen LogP contribution in [-0.4, -0.2) is 25.7 Å². The minimum absolute atomic E-state index is 0.589. The van der Waals surface area contributed by atoms with Crippen LogP contribution in [0.4, 0.5) is 5.69 Å². The van der Waals surface area contributed by atoms with Crippen LogP contribution < -0.4 is 10.2 Å². The Morgan fingerprint density at radius 3 is 2.28 bits per heavy atom. The summed E-state index contributed by atoms with van der Waals surface area (Å²) < 4.78 is 0. The van der Waals surface area contributed by atoms with Gasteiger partial charge in [-0.05, 0) is 45.4 Å². The first-order valence-electron chi connectivity index (χ1n) is 7.26. The van der Waals surface area contributed by atoms with Gasteiger partial charge in [0.05, 0.1) is 0 Å². The minimum Gasteiger partial charge on any atom is -0.370 e. The lowest BCUT2D eigenvalue weighted by molar-refractivity contribution is 0.491. The maximum absolute atomic E-state index is 3.62. The molecule has 0 saturated heterocycles. The van der Waals surface area contributed by atoms with Crippen LogP contribution in [0, 0.1) is 6.92 Å². The van der Waals surface area contributed by atoms with E-state index in [-0.39, 0.29) is 0 Å². The maximum atomic E-state index is 3.62. The number of likely N-dealkylation sites (N-methyl/N-ethyl adjacent to an activating group) is 1. The predicted octanol–water partition coefficient (Wildman–Crippen LogP) is 3.60. The summed E-state index contributed by atoms with van der Waals surface area (Å²) in [6.07, 6.45) is 2.38. The van der Waals surface area contributed by atoms with Crippen molar-refractivity contribution in [2.24, 2.45) is 0 Å². The summed E-state index contributed by atoms with van der Waals surface area (Å²) in [6.45, 7) is 12.1. The summed E-state index contributed by atoms with van der Waals surface area (Å²) in [5, 5.41) is 3.62. The van der Waals surface area contributed by atoms with Crippen molar-refractivity contribution >= 4 is 5.69 Å². The van der Waals surface area contributed by atoms with E-state index in [0.717, 1.165) is 19.6 Å². The molecule has 0 aromatic heterocycles. The van der Waals surface area contributed by atoms with Gasteiger partial charge in [-0.1, -0.05) is 31.5 Å². The molecule has 0 fully saturated rings. The third-order valence-electron chi connectivity index (χ3n) is 3.40. The largest absolute Gasteiger partial charge is 0.370 e. The number of hydrogen-bond acceptors (Lipinski definition) is 2. The predicted molar refractivity (Wildman–Crippen MR) is 81.4 cm³/mol. The van der Waals surface area contributed by atoms with Crippen LogP contribution in [0.3, 0.4) is 0 Å². The molecule has 0 aliphatic rings. The highest BCUT2D eigenvalue weighted by molar-refractivity contribution is 5.47. The van der Waals surface area contributed by atoms with Gasteiger partial charge in [0.1, 0.15) is 0 Å². The molecule has 0 saturated carbocycles. The molecule has 1 atom stereocenters. The first-order chi connectivity index (χ1) is 8.71. The standard InChI is InChI=1S/C16H28N2/c1-5-12-17-15(6-2)13-18(7-3)16-10-8-14(4)9-11-16/h8-11,15,17H,5-7,12-13H2,1-4H3. The van der Waals surface area contributed by atoms with Gasteiger partial charge in [0.25, 0.3) is 0 Å². The number of nitrogens with one attached hydrogen (secondary N) is 1. The lowest BCUT2D eigenvalue weighted by Crippen LogP contribution is -2.41. The molecular formula is C16H28N2. The van der Waals surface area contributed by atoms with Gasteiger partial charge < -0.3 is 10.2 Å². The minimum atomic E-state index is 0.589. The normalized spacial score (nSPS) is 12.4. The van der Waals surface area contributed by atoms with Crippen molar-refractivity contribution < 1.29 is 0 Å². The number of aryl methyl sites for hydroxylation is 1. The Morgan fingerprint density at radius 2 is 1.78 bits per heavy atom. The van der Waals surface area contributed by atoms with E-state index < -0.39 is 0 Å². The topological polar surface area (TPSA) is 15.3 Å². The lowest BCUT2D eigenvalue weighted by atomic mass is 10.1. The fourth-order valence-electron chi connectivity index (χ4n) is 2.13.